The van der Waals surface area contributed by atoms with Gasteiger partial charge in [-0.05, 0) is 42.0 Å². The summed E-state index contributed by atoms with van der Waals surface area (Å²) in [6.07, 6.45) is -5.63. The molecule has 21 heavy (non-hydrogen) atoms. The Morgan fingerprint density at radius 1 is 1.05 bits per heavy atom. The molecule has 0 heterocycles. The number of aliphatic hydroxyl groups is 1. The first kappa shape index (κ1) is 15.2. The predicted molar refractivity (Wildman–Crippen MR) is 70.0 cm³/mol. The minimum Gasteiger partial charge on any atom is -0.508 e. The van der Waals surface area contributed by atoms with Gasteiger partial charge in [0.2, 0.25) is 0 Å². The van der Waals surface area contributed by atoms with Crippen LogP contribution < -0.4 is 4.74 Å². The molecule has 0 saturated carbocycles. The molecule has 2 aromatic rings. The molecule has 2 N–H and O–H groups in total. The summed E-state index contributed by atoms with van der Waals surface area (Å²) in [5.74, 6) is 0.472. The molecule has 0 fully saturated rings. The fourth-order valence-corrected chi connectivity index (χ4v) is 1.74. The number of phenolic OH excluding ortho intramolecular Hbond substituents is 1. The average molecular weight is 298 g/mol. The van der Waals surface area contributed by atoms with Crippen molar-refractivity contribution in [3.05, 3.63) is 59.7 Å². The Morgan fingerprint density at radius 2 is 1.71 bits per heavy atom. The van der Waals surface area contributed by atoms with E-state index in [1.54, 1.807) is 0 Å². The topological polar surface area (TPSA) is 49.7 Å². The zero-order valence-electron chi connectivity index (χ0n) is 10.8. The highest BCUT2D eigenvalue weighted by molar-refractivity contribution is 5.31. The molecule has 2 rings (SSSR count). The van der Waals surface area contributed by atoms with Crippen LogP contribution in [0.1, 0.15) is 17.2 Å². The minimum absolute atomic E-state index is 0.0702. The molecule has 0 aliphatic rings. The second-order valence-corrected chi connectivity index (χ2v) is 4.44. The third-order valence-electron chi connectivity index (χ3n) is 2.84. The zero-order chi connectivity index (χ0) is 15.5. The minimum atomic E-state index is -4.45. The number of benzene rings is 2. The SMILES string of the molecule is Oc1ccc(OCC(O)c2cccc(C(F)(F)F)c2)cc1. The van der Waals surface area contributed by atoms with Gasteiger partial charge in [-0.25, -0.2) is 0 Å². The van der Waals surface area contributed by atoms with E-state index in [9.17, 15) is 18.3 Å². The van der Waals surface area contributed by atoms with Gasteiger partial charge >= 0.3 is 6.18 Å². The van der Waals surface area contributed by atoms with Gasteiger partial charge in [0.15, 0.2) is 0 Å². The van der Waals surface area contributed by atoms with Crippen LogP contribution in [-0.2, 0) is 6.18 Å². The van der Waals surface area contributed by atoms with Crippen LogP contribution in [0, 0.1) is 0 Å². The fraction of sp³-hybridized carbons (Fsp3) is 0.200. The van der Waals surface area contributed by atoms with Gasteiger partial charge < -0.3 is 14.9 Å². The van der Waals surface area contributed by atoms with Gasteiger partial charge in [-0.15, -0.1) is 0 Å². The number of hydrogen-bond donors (Lipinski definition) is 2. The molecule has 0 aliphatic carbocycles. The molecule has 0 aliphatic heterocycles. The third-order valence-corrected chi connectivity index (χ3v) is 2.84. The Balaban J connectivity index is 2.03. The lowest BCUT2D eigenvalue weighted by Gasteiger charge is -2.14. The molecule has 0 aromatic heterocycles. The van der Waals surface area contributed by atoms with Crippen molar-refractivity contribution >= 4 is 0 Å². The lowest BCUT2D eigenvalue weighted by Crippen LogP contribution is -2.11. The van der Waals surface area contributed by atoms with E-state index in [-0.39, 0.29) is 17.9 Å². The molecular formula is C15H13F3O3. The maximum atomic E-state index is 12.6. The molecule has 3 nitrogen and oxygen atoms in total. The predicted octanol–water partition coefficient (Wildman–Crippen LogP) is 3.52. The highest BCUT2D eigenvalue weighted by Crippen LogP contribution is 2.31. The largest absolute Gasteiger partial charge is 0.508 e. The summed E-state index contributed by atoms with van der Waals surface area (Å²) < 4.78 is 43.0. The lowest BCUT2D eigenvalue weighted by atomic mass is 10.1. The Bertz CT molecular complexity index is 594. The first-order chi connectivity index (χ1) is 9.86. The molecule has 1 unspecified atom stereocenters. The number of halogens is 3. The molecule has 6 heteroatoms. The Morgan fingerprint density at radius 3 is 2.33 bits per heavy atom. The first-order valence-electron chi connectivity index (χ1n) is 6.13. The summed E-state index contributed by atoms with van der Waals surface area (Å²) in [6.45, 7) is -0.188. The van der Waals surface area contributed by atoms with E-state index in [0.29, 0.717) is 5.75 Å². The van der Waals surface area contributed by atoms with E-state index in [4.69, 9.17) is 9.84 Å². The monoisotopic (exact) mass is 298 g/mol. The molecule has 1 atom stereocenters. The van der Waals surface area contributed by atoms with E-state index in [1.165, 1.54) is 36.4 Å². The van der Waals surface area contributed by atoms with Gasteiger partial charge in [0.1, 0.15) is 24.2 Å². The van der Waals surface area contributed by atoms with Crippen molar-refractivity contribution in [2.45, 2.75) is 12.3 Å². The van der Waals surface area contributed by atoms with Crippen molar-refractivity contribution in [2.24, 2.45) is 0 Å². The van der Waals surface area contributed by atoms with Crippen molar-refractivity contribution in [1.82, 2.24) is 0 Å². The van der Waals surface area contributed by atoms with E-state index in [0.717, 1.165) is 12.1 Å². The summed E-state index contributed by atoms with van der Waals surface area (Å²) in [6, 6.07) is 10.3. The molecule has 2 aromatic carbocycles. The Labute approximate surface area is 119 Å². The van der Waals surface area contributed by atoms with Gasteiger partial charge in [0, 0.05) is 0 Å². The number of hydrogen-bond acceptors (Lipinski definition) is 3. The third kappa shape index (κ3) is 4.13. The van der Waals surface area contributed by atoms with Gasteiger partial charge in [-0.2, -0.15) is 13.2 Å². The molecule has 0 amide bonds. The molecule has 0 radical (unpaired) electrons. The van der Waals surface area contributed by atoms with Crippen molar-refractivity contribution in [3.63, 3.8) is 0 Å². The van der Waals surface area contributed by atoms with Crippen LogP contribution in [-0.4, -0.2) is 16.8 Å². The highest BCUT2D eigenvalue weighted by Gasteiger charge is 2.30. The number of rotatable bonds is 4. The van der Waals surface area contributed by atoms with Crippen LogP contribution in [0.2, 0.25) is 0 Å². The summed E-state index contributed by atoms with van der Waals surface area (Å²) in [5, 5.41) is 19.0. The van der Waals surface area contributed by atoms with Crippen LogP contribution in [0.15, 0.2) is 48.5 Å². The number of aliphatic hydroxyl groups excluding tert-OH is 1. The highest BCUT2D eigenvalue weighted by atomic mass is 19.4. The lowest BCUT2D eigenvalue weighted by molar-refractivity contribution is -0.137. The molecule has 0 bridgehead atoms. The smallest absolute Gasteiger partial charge is 0.416 e. The summed E-state index contributed by atoms with van der Waals surface area (Å²) in [7, 11) is 0. The zero-order valence-corrected chi connectivity index (χ0v) is 10.8. The van der Waals surface area contributed by atoms with Gasteiger partial charge in [-0.3, -0.25) is 0 Å². The number of ether oxygens (including phenoxy) is 1. The van der Waals surface area contributed by atoms with Crippen molar-refractivity contribution in [3.8, 4) is 11.5 Å². The fourth-order valence-electron chi connectivity index (χ4n) is 1.74. The van der Waals surface area contributed by atoms with Crippen molar-refractivity contribution < 1.29 is 28.1 Å². The normalized spacial score (nSPS) is 13.0. The maximum absolute atomic E-state index is 12.6. The van der Waals surface area contributed by atoms with Gasteiger partial charge in [0.05, 0.1) is 5.56 Å². The molecule has 0 spiro atoms. The van der Waals surface area contributed by atoms with E-state index in [1.807, 2.05) is 0 Å². The van der Waals surface area contributed by atoms with Crippen LogP contribution in [0.4, 0.5) is 13.2 Å². The van der Waals surface area contributed by atoms with Crippen LogP contribution in [0.5, 0.6) is 11.5 Å². The molecule has 112 valence electrons. The van der Waals surface area contributed by atoms with Crippen LogP contribution in [0.3, 0.4) is 0 Å². The maximum Gasteiger partial charge on any atom is 0.416 e. The van der Waals surface area contributed by atoms with Crippen LogP contribution >= 0.6 is 0 Å². The Hall–Kier alpha value is -2.21. The molecular weight excluding hydrogens is 285 g/mol. The van der Waals surface area contributed by atoms with E-state index in [2.05, 4.69) is 0 Å². The second-order valence-electron chi connectivity index (χ2n) is 4.44. The van der Waals surface area contributed by atoms with Gasteiger partial charge in [0.25, 0.3) is 0 Å². The summed E-state index contributed by atoms with van der Waals surface area (Å²) in [5.41, 5.74) is -0.688. The summed E-state index contributed by atoms with van der Waals surface area (Å²) >= 11 is 0. The number of phenols is 1. The number of alkyl halides is 3. The number of aromatic hydroxyl groups is 1. The molecule has 0 saturated heterocycles. The van der Waals surface area contributed by atoms with Crippen LogP contribution in [0.25, 0.3) is 0 Å². The first-order valence-corrected chi connectivity index (χ1v) is 6.13. The van der Waals surface area contributed by atoms with E-state index >= 15 is 0 Å². The van der Waals surface area contributed by atoms with E-state index < -0.39 is 17.8 Å². The second kappa shape index (κ2) is 6.05. The summed E-state index contributed by atoms with van der Waals surface area (Å²) in [4.78, 5) is 0. The average Bonchev–Trinajstić information content (AvgIpc) is 2.45. The van der Waals surface area contributed by atoms with Crippen molar-refractivity contribution in [1.29, 1.82) is 0 Å². The van der Waals surface area contributed by atoms with Crippen molar-refractivity contribution in [2.75, 3.05) is 6.61 Å². The Kier molecular flexibility index (Phi) is 4.37. The quantitative estimate of drug-likeness (QED) is 0.908. The van der Waals surface area contributed by atoms with Gasteiger partial charge in [-0.1, -0.05) is 12.1 Å². The standard InChI is InChI=1S/C15H13F3O3/c16-15(17,18)11-3-1-2-10(8-11)14(20)9-21-13-6-4-12(19)5-7-13/h1-8,14,19-20H,9H2.